The fourth-order valence-corrected chi connectivity index (χ4v) is 5.56. The number of carboxylic acid groups (broad SMARTS) is 2. The van der Waals surface area contributed by atoms with Gasteiger partial charge < -0.3 is 21.3 Å². The van der Waals surface area contributed by atoms with E-state index in [-0.39, 0.29) is 55.2 Å². The van der Waals surface area contributed by atoms with E-state index in [2.05, 4.69) is 19.2 Å². The molecular weight excluding hydrogens is 597 g/mol. The molecule has 0 aliphatic carbocycles. The Bertz CT molecular complexity index is 794. The first-order chi connectivity index (χ1) is 21.7. The summed E-state index contributed by atoms with van der Waals surface area (Å²) in [7, 11) is 0. The normalized spacial score (nSPS) is 12.2. The molecule has 0 aliphatic heterocycles. The van der Waals surface area contributed by atoms with Gasteiger partial charge in [-0.2, -0.15) is 0 Å². The summed E-state index contributed by atoms with van der Waals surface area (Å²) >= 11 is 0. The second-order valence-corrected chi connectivity index (χ2v) is 12.4. The number of aliphatic carboxylic acids is 2. The molecule has 10 nitrogen and oxygen atoms in total. The first-order valence-electron chi connectivity index (χ1n) is 18.0. The van der Waals surface area contributed by atoms with Gasteiger partial charge in [0.05, 0.1) is 0 Å². The zero-order valence-electron chi connectivity index (χ0n) is 28.5. The molecule has 5 N–H and O–H groups in total. The maximum atomic E-state index is 13.5. The fourth-order valence-electron chi connectivity index (χ4n) is 5.56. The summed E-state index contributed by atoms with van der Waals surface area (Å²) in [5.41, 5.74) is 5.52. The summed E-state index contributed by atoms with van der Waals surface area (Å²) in [5.74, 6) is -4.20. The van der Waals surface area contributed by atoms with Crippen molar-refractivity contribution in [2.45, 2.75) is 186 Å². The van der Waals surface area contributed by atoms with Gasteiger partial charge in [-0.05, 0) is 45.1 Å². The molecule has 0 saturated carbocycles. The minimum atomic E-state index is -1.38. The number of hydrogen-bond acceptors (Lipinski definition) is 6. The van der Waals surface area contributed by atoms with Crippen molar-refractivity contribution in [1.82, 2.24) is 10.2 Å². The van der Waals surface area contributed by atoms with Gasteiger partial charge >= 0.3 is 41.5 Å². The zero-order chi connectivity index (χ0) is 33.7. The van der Waals surface area contributed by atoms with Crippen LogP contribution in [0.1, 0.15) is 174 Å². The number of nitrogens with one attached hydrogen (secondary N) is 1. The second kappa shape index (κ2) is 32.1. The van der Waals surface area contributed by atoms with Crippen LogP contribution in [0.25, 0.3) is 0 Å². The molecule has 0 fully saturated rings. The molecule has 0 spiro atoms. The number of amides is 3. The third kappa shape index (κ3) is 24.7. The molecule has 0 aromatic heterocycles. The Labute approximate surface area is 301 Å². The SMILES string of the molecule is CCCCCCCCCCCC(=O)N(C(=O)CCCCCCCCCCC)[C@@H](CCC(=O)O)C(=O)N[C@@H](CCCCN)C(=O)O.[NaH]. The van der Waals surface area contributed by atoms with Crippen molar-refractivity contribution in [3.05, 3.63) is 0 Å². The summed E-state index contributed by atoms with van der Waals surface area (Å²) < 4.78 is 0. The fraction of sp³-hybridized carbons (Fsp3) is 0.857. The Kier molecular flexibility index (Phi) is 32.5. The maximum absolute atomic E-state index is 13.5. The van der Waals surface area contributed by atoms with Gasteiger partial charge in [-0.1, -0.05) is 117 Å². The summed E-state index contributed by atoms with van der Waals surface area (Å²) in [6.07, 6.45) is 19.7. The number of imide groups is 1. The Morgan fingerprint density at radius 3 is 1.37 bits per heavy atom. The first-order valence-corrected chi connectivity index (χ1v) is 18.0. The van der Waals surface area contributed by atoms with Gasteiger partial charge in [0.2, 0.25) is 17.7 Å². The number of rotatable bonds is 31. The molecule has 0 heterocycles. The quantitative estimate of drug-likeness (QED) is 0.0484. The number of hydrogen-bond donors (Lipinski definition) is 4. The summed E-state index contributed by atoms with van der Waals surface area (Å²) in [6.45, 7) is 4.76. The van der Waals surface area contributed by atoms with Crippen LogP contribution in [0, 0.1) is 0 Å². The van der Waals surface area contributed by atoms with Crippen LogP contribution in [-0.2, 0) is 24.0 Å². The van der Waals surface area contributed by atoms with Gasteiger partial charge in [0, 0.05) is 19.3 Å². The van der Waals surface area contributed by atoms with E-state index in [1.807, 2.05) is 0 Å². The third-order valence-corrected chi connectivity index (χ3v) is 8.33. The average Bonchev–Trinajstić information content (AvgIpc) is 3.00. The number of nitrogens with two attached hydrogens (primary N) is 1. The van der Waals surface area contributed by atoms with Crippen molar-refractivity contribution in [1.29, 1.82) is 0 Å². The zero-order valence-corrected chi connectivity index (χ0v) is 28.5. The number of nitrogens with zero attached hydrogens (tertiary/aromatic N) is 1. The Balaban J connectivity index is 0. The topological polar surface area (TPSA) is 167 Å². The molecule has 0 bridgehead atoms. The summed E-state index contributed by atoms with van der Waals surface area (Å²) in [5, 5.41) is 21.5. The molecule has 0 unspecified atom stereocenters. The first kappa shape index (κ1) is 46.6. The Morgan fingerprint density at radius 1 is 0.587 bits per heavy atom. The van der Waals surface area contributed by atoms with E-state index < -0.39 is 48.2 Å². The van der Waals surface area contributed by atoms with Crippen LogP contribution in [0.5, 0.6) is 0 Å². The molecule has 0 rings (SSSR count). The van der Waals surface area contributed by atoms with E-state index in [9.17, 15) is 34.2 Å². The van der Waals surface area contributed by atoms with Crippen LogP contribution in [0.4, 0.5) is 0 Å². The van der Waals surface area contributed by atoms with Crippen molar-refractivity contribution in [2.75, 3.05) is 6.54 Å². The second-order valence-electron chi connectivity index (χ2n) is 12.4. The van der Waals surface area contributed by atoms with Crippen molar-refractivity contribution in [3.63, 3.8) is 0 Å². The van der Waals surface area contributed by atoms with Gasteiger partial charge in [0.15, 0.2) is 0 Å². The number of unbranched alkanes of at least 4 members (excludes halogenated alkanes) is 17. The molecule has 3 amide bonds. The van der Waals surface area contributed by atoms with Gasteiger partial charge in [-0.25, -0.2) is 4.79 Å². The monoisotopic (exact) mass is 663 g/mol. The van der Waals surface area contributed by atoms with Gasteiger partial charge in [0.25, 0.3) is 0 Å². The van der Waals surface area contributed by atoms with E-state index in [1.54, 1.807) is 0 Å². The summed E-state index contributed by atoms with van der Waals surface area (Å²) in [4.78, 5) is 64.8. The van der Waals surface area contributed by atoms with Crippen LogP contribution < -0.4 is 11.1 Å². The van der Waals surface area contributed by atoms with Crippen molar-refractivity contribution >= 4 is 59.2 Å². The number of carboxylic acids is 2. The van der Waals surface area contributed by atoms with Crippen LogP contribution in [0.2, 0.25) is 0 Å². The molecule has 0 aliphatic rings. The molecule has 46 heavy (non-hydrogen) atoms. The number of carbonyl (C=O) groups is 5. The molecule has 0 aromatic carbocycles. The Hall–Kier alpha value is -1.49. The number of carbonyl (C=O) groups excluding carboxylic acids is 3. The molecule has 0 saturated heterocycles. The molecule has 264 valence electrons. The molecule has 0 aromatic rings. The molecule has 11 heteroatoms. The van der Waals surface area contributed by atoms with Crippen LogP contribution in [-0.4, -0.2) is 93.0 Å². The van der Waals surface area contributed by atoms with Gasteiger partial charge in [-0.3, -0.25) is 24.1 Å². The van der Waals surface area contributed by atoms with Crippen LogP contribution in [0.15, 0.2) is 0 Å². The van der Waals surface area contributed by atoms with E-state index in [0.717, 1.165) is 56.3 Å². The summed E-state index contributed by atoms with van der Waals surface area (Å²) in [6, 6.07) is -2.60. The van der Waals surface area contributed by atoms with E-state index in [0.29, 0.717) is 32.2 Å². The van der Waals surface area contributed by atoms with Crippen molar-refractivity contribution in [2.24, 2.45) is 5.73 Å². The van der Waals surface area contributed by atoms with Crippen LogP contribution in [0.3, 0.4) is 0 Å². The van der Waals surface area contributed by atoms with Crippen molar-refractivity contribution < 1.29 is 34.2 Å². The minimum absolute atomic E-state index is 0. The van der Waals surface area contributed by atoms with E-state index in [1.165, 1.54) is 51.4 Å². The Morgan fingerprint density at radius 2 is 1.00 bits per heavy atom. The van der Waals surface area contributed by atoms with Gasteiger partial charge in [0.1, 0.15) is 12.1 Å². The van der Waals surface area contributed by atoms with Crippen molar-refractivity contribution in [3.8, 4) is 0 Å². The van der Waals surface area contributed by atoms with E-state index >= 15 is 0 Å². The average molecular weight is 664 g/mol. The molecule has 2 atom stereocenters. The predicted octanol–water partition coefficient (Wildman–Crippen LogP) is 6.47. The standard InChI is InChI=1S/C35H65N3O7.Na.H/c1-3-5-7-9-11-13-15-17-19-24-31(39)38(32(40)25-20-18-16-14-12-10-8-6-4-2)30(26-27-33(41)42)34(43)37-29(35(44)45)23-21-22-28-36;;/h29-30H,3-28,36H2,1-2H3,(H,37,43)(H,41,42)(H,44,45);;/t29-,30-;;/m0../s1. The molecule has 0 radical (unpaired) electrons. The molecular formula is C35H66N3NaO7. The van der Waals surface area contributed by atoms with Crippen LogP contribution >= 0.6 is 0 Å². The third-order valence-electron chi connectivity index (χ3n) is 8.33. The predicted molar refractivity (Wildman–Crippen MR) is 186 cm³/mol. The van der Waals surface area contributed by atoms with E-state index in [4.69, 9.17) is 5.73 Å². The van der Waals surface area contributed by atoms with Gasteiger partial charge in [-0.15, -0.1) is 0 Å².